The van der Waals surface area contributed by atoms with Crippen molar-refractivity contribution in [1.82, 2.24) is 14.8 Å². The monoisotopic (exact) mass is 306 g/mol. The van der Waals surface area contributed by atoms with Crippen LogP contribution in [-0.4, -0.2) is 14.8 Å². The molecule has 6 heteroatoms. The predicted octanol–water partition coefficient (Wildman–Crippen LogP) is 3.86. The molecule has 0 radical (unpaired) electrons. The van der Waals surface area contributed by atoms with Crippen LogP contribution in [0.3, 0.4) is 0 Å². The first-order chi connectivity index (χ1) is 9.65. The summed E-state index contributed by atoms with van der Waals surface area (Å²) >= 11 is 7.61. The Kier molecular flexibility index (Phi) is 3.63. The van der Waals surface area contributed by atoms with Crippen molar-refractivity contribution in [2.75, 3.05) is 5.32 Å². The van der Waals surface area contributed by atoms with E-state index in [1.54, 1.807) is 11.3 Å². The van der Waals surface area contributed by atoms with Gasteiger partial charge in [-0.15, -0.1) is 0 Å². The normalized spacial score (nSPS) is 11.2. The molecule has 0 bridgehead atoms. The van der Waals surface area contributed by atoms with E-state index in [9.17, 15) is 0 Å². The van der Waals surface area contributed by atoms with Crippen LogP contribution in [0.25, 0.3) is 10.2 Å². The van der Waals surface area contributed by atoms with E-state index < -0.39 is 0 Å². The lowest BCUT2D eigenvalue weighted by atomic mass is 10.2. The number of rotatable bonds is 4. The van der Waals surface area contributed by atoms with E-state index in [4.69, 9.17) is 11.6 Å². The van der Waals surface area contributed by atoms with E-state index in [2.05, 4.69) is 28.5 Å². The first kappa shape index (κ1) is 13.4. The fourth-order valence-electron chi connectivity index (χ4n) is 2.18. The summed E-state index contributed by atoms with van der Waals surface area (Å²) in [5, 5.41) is 9.43. The molecule has 2 heterocycles. The minimum atomic E-state index is 0.717. The Labute approximate surface area is 126 Å². The molecule has 0 saturated carbocycles. The lowest BCUT2D eigenvalue weighted by Gasteiger charge is -2.01. The third-order valence-corrected chi connectivity index (χ3v) is 4.34. The van der Waals surface area contributed by atoms with Crippen molar-refractivity contribution in [3.05, 3.63) is 40.7 Å². The maximum absolute atomic E-state index is 5.98. The lowest BCUT2D eigenvalue weighted by molar-refractivity contribution is 0.746. The Morgan fingerprint density at radius 1 is 1.40 bits per heavy atom. The average molecular weight is 307 g/mol. The van der Waals surface area contributed by atoms with E-state index in [0.29, 0.717) is 0 Å². The topological polar surface area (TPSA) is 42.7 Å². The number of nitrogens with one attached hydrogen (secondary N) is 1. The van der Waals surface area contributed by atoms with Crippen molar-refractivity contribution in [2.45, 2.75) is 19.9 Å². The van der Waals surface area contributed by atoms with E-state index >= 15 is 0 Å². The van der Waals surface area contributed by atoms with E-state index in [0.717, 1.165) is 39.0 Å². The van der Waals surface area contributed by atoms with Crippen molar-refractivity contribution in [1.29, 1.82) is 0 Å². The van der Waals surface area contributed by atoms with Crippen LogP contribution in [0, 0.1) is 0 Å². The van der Waals surface area contributed by atoms with Gasteiger partial charge in [-0.05, 0) is 24.6 Å². The SMILES string of the molecule is CCc1nn(C)cc1CNc1nc2cc(Cl)ccc2s1. The third-order valence-electron chi connectivity index (χ3n) is 3.11. The average Bonchev–Trinajstić information content (AvgIpc) is 2.98. The summed E-state index contributed by atoms with van der Waals surface area (Å²) in [6.45, 7) is 2.86. The molecule has 0 spiro atoms. The quantitative estimate of drug-likeness (QED) is 0.796. The van der Waals surface area contributed by atoms with Gasteiger partial charge in [0.1, 0.15) is 0 Å². The second-order valence-corrected chi connectivity index (χ2v) is 6.08. The van der Waals surface area contributed by atoms with Gasteiger partial charge in [0.05, 0.1) is 15.9 Å². The molecule has 2 aromatic heterocycles. The Hall–Kier alpha value is -1.59. The number of fused-ring (bicyclic) bond motifs is 1. The van der Waals surface area contributed by atoms with Gasteiger partial charge in [-0.3, -0.25) is 4.68 Å². The number of aryl methyl sites for hydroxylation is 2. The molecule has 0 saturated heterocycles. The smallest absolute Gasteiger partial charge is 0.184 e. The largest absolute Gasteiger partial charge is 0.357 e. The standard InChI is InChI=1S/C14H15ClN4S/c1-3-11-9(8-19(2)18-11)7-16-14-17-12-6-10(15)4-5-13(12)20-14/h4-6,8H,3,7H2,1-2H3,(H,16,17). The zero-order valence-corrected chi connectivity index (χ0v) is 12.9. The molecule has 3 aromatic rings. The van der Waals surface area contributed by atoms with Crippen LogP contribution in [0.2, 0.25) is 5.02 Å². The van der Waals surface area contributed by atoms with Crippen molar-refractivity contribution < 1.29 is 0 Å². The van der Waals surface area contributed by atoms with E-state index in [-0.39, 0.29) is 0 Å². The number of aromatic nitrogens is 3. The highest BCUT2D eigenvalue weighted by atomic mass is 35.5. The maximum atomic E-state index is 5.98. The van der Waals surface area contributed by atoms with Gasteiger partial charge in [0.2, 0.25) is 0 Å². The van der Waals surface area contributed by atoms with Crippen molar-refractivity contribution in [3.63, 3.8) is 0 Å². The first-order valence-corrected chi connectivity index (χ1v) is 7.66. The summed E-state index contributed by atoms with van der Waals surface area (Å²) in [6, 6.07) is 5.78. The molecule has 0 atom stereocenters. The van der Waals surface area contributed by atoms with Gasteiger partial charge in [-0.2, -0.15) is 5.10 Å². The van der Waals surface area contributed by atoms with Gasteiger partial charge in [-0.1, -0.05) is 29.9 Å². The summed E-state index contributed by atoms with van der Waals surface area (Å²) < 4.78 is 2.99. The number of benzene rings is 1. The predicted molar refractivity (Wildman–Crippen MR) is 84.5 cm³/mol. The van der Waals surface area contributed by atoms with Crippen LogP contribution in [0.4, 0.5) is 5.13 Å². The van der Waals surface area contributed by atoms with Crippen LogP contribution in [0.5, 0.6) is 0 Å². The molecule has 20 heavy (non-hydrogen) atoms. The van der Waals surface area contributed by atoms with Gasteiger partial charge in [0.15, 0.2) is 5.13 Å². The summed E-state index contributed by atoms with van der Waals surface area (Å²) in [7, 11) is 1.95. The molecule has 0 fully saturated rings. The number of halogens is 1. The van der Waals surface area contributed by atoms with Crippen molar-refractivity contribution in [3.8, 4) is 0 Å². The molecular weight excluding hydrogens is 292 g/mol. The van der Waals surface area contributed by atoms with Gasteiger partial charge < -0.3 is 5.32 Å². The lowest BCUT2D eigenvalue weighted by Crippen LogP contribution is -2.00. The summed E-state index contributed by atoms with van der Waals surface area (Å²) in [5.41, 5.74) is 3.28. The summed E-state index contributed by atoms with van der Waals surface area (Å²) in [6.07, 6.45) is 2.99. The molecule has 4 nitrogen and oxygen atoms in total. The highest BCUT2D eigenvalue weighted by Gasteiger charge is 2.08. The Morgan fingerprint density at radius 2 is 2.25 bits per heavy atom. The zero-order valence-electron chi connectivity index (χ0n) is 11.4. The van der Waals surface area contributed by atoms with E-state index in [1.807, 2.05) is 29.9 Å². The Bertz CT molecular complexity index is 747. The highest BCUT2D eigenvalue weighted by molar-refractivity contribution is 7.22. The van der Waals surface area contributed by atoms with Crippen LogP contribution in [0.1, 0.15) is 18.2 Å². The van der Waals surface area contributed by atoms with Crippen LogP contribution in [-0.2, 0) is 20.0 Å². The molecule has 1 N–H and O–H groups in total. The Balaban J connectivity index is 1.79. The van der Waals surface area contributed by atoms with Gasteiger partial charge in [0, 0.05) is 30.4 Å². The molecular formula is C14H15ClN4S. The molecule has 1 aromatic carbocycles. The number of thiazole rings is 1. The number of nitrogens with zero attached hydrogens (tertiary/aromatic N) is 3. The minimum Gasteiger partial charge on any atom is -0.357 e. The molecule has 0 aliphatic carbocycles. The Morgan fingerprint density at radius 3 is 3.05 bits per heavy atom. The first-order valence-electron chi connectivity index (χ1n) is 6.47. The van der Waals surface area contributed by atoms with Crippen molar-refractivity contribution in [2.24, 2.45) is 7.05 Å². The second-order valence-electron chi connectivity index (χ2n) is 4.61. The fourth-order valence-corrected chi connectivity index (χ4v) is 3.18. The summed E-state index contributed by atoms with van der Waals surface area (Å²) in [4.78, 5) is 4.55. The van der Waals surface area contributed by atoms with Crippen molar-refractivity contribution >= 4 is 38.3 Å². The van der Waals surface area contributed by atoms with Gasteiger partial charge in [-0.25, -0.2) is 4.98 Å². The number of hydrogen-bond acceptors (Lipinski definition) is 4. The second kappa shape index (κ2) is 5.42. The third kappa shape index (κ3) is 2.64. The highest BCUT2D eigenvalue weighted by Crippen LogP contribution is 2.28. The molecule has 0 amide bonds. The van der Waals surface area contributed by atoms with Crippen LogP contribution >= 0.6 is 22.9 Å². The van der Waals surface area contributed by atoms with Gasteiger partial charge in [0.25, 0.3) is 0 Å². The van der Waals surface area contributed by atoms with Crippen LogP contribution in [0.15, 0.2) is 24.4 Å². The van der Waals surface area contributed by atoms with E-state index in [1.165, 1.54) is 5.56 Å². The molecule has 0 unspecified atom stereocenters. The number of hydrogen-bond donors (Lipinski definition) is 1. The molecule has 3 rings (SSSR count). The minimum absolute atomic E-state index is 0.717. The molecule has 0 aliphatic heterocycles. The molecule has 0 aliphatic rings. The zero-order chi connectivity index (χ0) is 14.1. The maximum Gasteiger partial charge on any atom is 0.184 e. The van der Waals surface area contributed by atoms with Gasteiger partial charge >= 0.3 is 0 Å². The molecule has 104 valence electrons. The number of anilines is 1. The fraction of sp³-hybridized carbons (Fsp3) is 0.286. The summed E-state index contributed by atoms with van der Waals surface area (Å²) in [5.74, 6) is 0. The van der Waals surface area contributed by atoms with Crippen LogP contribution < -0.4 is 5.32 Å².